The Kier molecular flexibility index (Phi) is 6.80. The van der Waals surface area contributed by atoms with E-state index in [1.54, 1.807) is 0 Å². The zero-order valence-corrected chi connectivity index (χ0v) is 13.5. The number of aliphatic hydroxyl groups is 1. The largest absolute Gasteiger partial charge is 0.444 e. The number of hydrogen-bond acceptors (Lipinski definition) is 3. The highest BCUT2D eigenvalue weighted by Gasteiger charge is 2.27. The molecule has 1 N–H and O–H groups in total. The van der Waals surface area contributed by atoms with Gasteiger partial charge in [0.15, 0.2) is 0 Å². The van der Waals surface area contributed by atoms with Gasteiger partial charge in [0.25, 0.3) is 0 Å². The first kappa shape index (κ1) is 17.3. The summed E-state index contributed by atoms with van der Waals surface area (Å²) >= 11 is 0. The Hall–Kier alpha value is -0.770. The minimum absolute atomic E-state index is 0.175. The molecule has 0 bridgehead atoms. The van der Waals surface area contributed by atoms with Gasteiger partial charge in [0, 0.05) is 13.1 Å². The van der Waals surface area contributed by atoms with Gasteiger partial charge in [-0.1, -0.05) is 12.8 Å². The third-order valence-electron chi connectivity index (χ3n) is 3.65. The maximum atomic E-state index is 12.0. The molecule has 4 heteroatoms. The quantitative estimate of drug-likeness (QED) is 0.786. The van der Waals surface area contributed by atoms with Gasteiger partial charge in [-0.3, -0.25) is 0 Å². The summed E-state index contributed by atoms with van der Waals surface area (Å²) in [5.74, 6) is 0.588. The summed E-state index contributed by atoms with van der Waals surface area (Å²) in [7, 11) is 0. The number of piperidine rings is 1. The minimum Gasteiger partial charge on any atom is -0.444 e. The smallest absolute Gasteiger partial charge is 0.410 e. The van der Waals surface area contributed by atoms with Crippen molar-refractivity contribution in [1.29, 1.82) is 0 Å². The fourth-order valence-electron chi connectivity index (χ4n) is 2.67. The fourth-order valence-corrected chi connectivity index (χ4v) is 2.67. The number of ether oxygens (including phenoxy) is 1. The first-order chi connectivity index (χ1) is 9.28. The van der Waals surface area contributed by atoms with Crippen LogP contribution in [0.15, 0.2) is 0 Å². The van der Waals surface area contributed by atoms with Crippen LogP contribution in [-0.2, 0) is 4.74 Å². The van der Waals surface area contributed by atoms with E-state index in [4.69, 9.17) is 4.74 Å². The van der Waals surface area contributed by atoms with Crippen molar-refractivity contribution in [2.75, 3.05) is 13.1 Å². The second-order valence-electron chi connectivity index (χ2n) is 7.07. The molecule has 1 heterocycles. The van der Waals surface area contributed by atoms with E-state index < -0.39 is 5.60 Å². The molecule has 1 aliphatic rings. The summed E-state index contributed by atoms with van der Waals surface area (Å²) in [5.41, 5.74) is -0.415. The summed E-state index contributed by atoms with van der Waals surface area (Å²) in [6.07, 6.45) is 6.13. The summed E-state index contributed by atoms with van der Waals surface area (Å²) in [4.78, 5) is 13.9. The molecule has 0 aromatic carbocycles. The Morgan fingerprint density at radius 3 is 2.70 bits per heavy atom. The lowest BCUT2D eigenvalue weighted by molar-refractivity contribution is 0.0160. The van der Waals surface area contributed by atoms with Crippen LogP contribution >= 0.6 is 0 Å². The van der Waals surface area contributed by atoms with Gasteiger partial charge in [0.2, 0.25) is 0 Å². The van der Waals surface area contributed by atoms with Gasteiger partial charge in [-0.05, 0) is 59.3 Å². The van der Waals surface area contributed by atoms with Gasteiger partial charge in [-0.25, -0.2) is 4.79 Å². The van der Waals surface area contributed by atoms with Crippen LogP contribution in [0, 0.1) is 5.92 Å². The molecule has 0 saturated carbocycles. The van der Waals surface area contributed by atoms with Gasteiger partial charge < -0.3 is 14.7 Å². The topological polar surface area (TPSA) is 49.8 Å². The number of unbranched alkanes of at least 4 members (excludes halogenated alkanes) is 1. The van der Waals surface area contributed by atoms with Crippen LogP contribution in [0.1, 0.15) is 66.2 Å². The maximum Gasteiger partial charge on any atom is 0.410 e. The normalized spacial score (nSPS) is 21.6. The molecule has 0 aromatic rings. The van der Waals surface area contributed by atoms with E-state index in [0.717, 1.165) is 45.2 Å². The molecule has 4 nitrogen and oxygen atoms in total. The van der Waals surface area contributed by atoms with Crippen molar-refractivity contribution in [3.05, 3.63) is 0 Å². The molecule has 2 atom stereocenters. The van der Waals surface area contributed by atoms with Crippen molar-refractivity contribution < 1.29 is 14.6 Å². The number of likely N-dealkylation sites (tertiary alicyclic amines) is 1. The van der Waals surface area contributed by atoms with Crippen LogP contribution in [0.25, 0.3) is 0 Å². The maximum absolute atomic E-state index is 12.0. The Balaban J connectivity index is 2.29. The molecule has 0 spiro atoms. The molecule has 1 fully saturated rings. The van der Waals surface area contributed by atoms with E-state index in [0.29, 0.717) is 5.92 Å². The molecule has 118 valence electrons. The molecule has 1 saturated heterocycles. The highest BCUT2D eigenvalue weighted by Crippen LogP contribution is 2.23. The Morgan fingerprint density at radius 2 is 2.10 bits per heavy atom. The van der Waals surface area contributed by atoms with Crippen molar-refractivity contribution in [1.82, 2.24) is 4.90 Å². The van der Waals surface area contributed by atoms with Crippen LogP contribution in [0.5, 0.6) is 0 Å². The number of rotatable bonds is 5. The molecule has 0 aliphatic carbocycles. The van der Waals surface area contributed by atoms with E-state index in [1.807, 2.05) is 32.6 Å². The van der Waals surface area contributed by atoms with Crippen molar-refractivity contribution in [3.8, 4) is 0 Å². The highest BCUT2D eigenvalue weighted by atomic mass is 16.6. The second kappa shape index (κ2) is 7.87. The standard InChI is InChI=1S/C16H31NO3/c1-13(18)8-5-6-9-14-10-7-11-17(12-14)15(19)20-16(2,3)4/h13-14,18H,5-12H2,1-4H3. The van der Waals surface area contributed by atoms with Gasteiger partial charge >= 0.3 is 6.09 Å². The zero-order chi connectivity index (χ0) is 15.2. The number of aliphatic hydroxyl groups excluding tert-OH is 1. The number of carbonyl (C=O) groups excluding carboxylic acids is 1. The van der Waals surface area contributed by atoms with Crippen molar-refractivity contribution in [3.63, 3.8) is 0 Å². The summed E-state index contributed by atoms with van der Waals surface area (Å²) in [6.45, 7) is 9.20. The van der Waals surface area contributed by atoms with Crippen LogP contribution < -0.4 is 0 Å². The van der Waals surface area contributed by atoms with E-state index >= 15 is 0 Å². The molecular formula is C16H31NO3. The Morgan fingerprint density at radius 1 is 1.40 bits per heavy atom. The Bertz CT molecular complexity index is 297. The lowest BCUT2D eigenvalue weighted by atomic mass is 9.92. The molecule has 1 amide bonds. The van der Waals surface area contributed by atoms with Gasteiger partial charge in [0.1, 0.15) is 5.60 Å². The molecule has 20 heavy (non-hydrogen) atoms. The second-order valence-corrected chi connectivity index (χ2v) is 7.07. The van der Waals surface area contributed by atoms with E-state index in [2.05, 4.69) is 0 Å². The molecule has 2 unspecified atom stereocenters. The summed E-state index contributed by atoms with van der Waals surface area (Å²) in [6, 6.07) is 0. The average molecular weight is 285 g/mol. The lowest BCUT2D eigenvalue weighted by Crippen LogP contribution is -2.42. The van der Waals surface area contributed by atoms with E-state index in [1.165, 1.54) is 6.42 Å². The molecule has 1 aliphatic heterocycles. The average Bonchev–Trinajstić information content (AvgIpc) is 2.33. The van der Waals surface area contributed by atoms with E-state index in [9.17, 15) is 9.90 Å². The predicted molar refractivity (Wildman–Crippen MR) is 80.7 cm³/mol. The number of hydrogen-bond donors (Lipinski definition) is 1. The summed E-state index contributed by atoms with van der Waals surface area (Å²) < 4.78 is 5.44. The third kappa shape index (κ3) is 7.13. The Labute approximate surface area is 123 Å². The molecule has 0 aromatic heterocycles. The van der Waals surface area contributed by atoms with Gasteiger partial charge in [-0.2, -0.15) is 0 Å². The zero-order valence-electron chi connectivity index (χ0n) is 13.5. The van der Waals surface area contributed by atoms with Crippen molar-refractivity contribution >= 4 is 6.09 Å². The van der Waals surface area contributed by atoms with Crippen molar-refractivity contribution in [2.24, 2.45) is 5.92 Å². The third-order valence-corrected chi connectivity index (χ3v) is 3.65. The van der Waals surface area contributed by atoms with Crippen LogP contribution in [0.4, 0.5) is 4.79 Å². The first-order valence-corrected chi connectivity index (χ1v) is 7.94. The van der Waals surface area contributed by atoms with Crippen LogP contribution in [0.2, 0.25) is 0 Å². The van der Waals surface area contributed by atoms with Gasteiger partial charge in [0.05, 0.1) is 6.10 Å². The first-order valence-electron chi connectivity index (χ1n) is 7.94. The highest BCUT2D eigenvalue weighted by molar-refractivity contribution is 5.68. The van der Waals surface area contributed by atoms with Crippen LogP contribution in [-0.4, -0.2) is 40.9 Å². The van der Waals surface area contributed by atoms with Crippen molar-refractivity contribution in [2.45, 2.75) is 77.9 Å². The predicted octanol–water partition coefficient (Wildman–Crippen LogP) is 3.57. The number of amides is 1. The minimum atomic E-state index is -0.415. The van der Waals surface area contributed by atoms with E-state index in [-0.39, 0.29) is 12.2 Å². The molecular weight excluding hydrogens is 254 g/mol. The number of nitrogens with zero attached hydrogens (tertiary/aromatic N) is 1. The summed E-state index contributed by atoms with van der Waals surface area (Å²) in [5, 5.41) is 9.24. The van der Waals surface area contributed by atoms with Crippen LogP contribution in [0.3, 0.4) is 0 Å². The number of carbonyl (C=O) groups is 1. The molecule has 1 rings (SSSR count). The SMILES string of the molecule is CC(O)CCCCC1CCCN(C(=O)OC(C)(C)C)C1. The lowest BCUT2D eigenvalue weighted by Gasteiger charge is -2.34. The fraction of sp³-hybridized carbons (Fsp3) is 0.938. The van der Waals surface area contributed by atoms with Gasteiger partial charge in [-0.15, -0.1) is 0 Å². The molecule has 0 radical (unpaired) electrons. The monoisotopic (exact) mass is 285 g/mol.